The smallest absolute Gasteiger partial charge is 0.335 e. The lowest BCUT2D eigenvalue weighted by atomic mass is 9.47. The minimum Gasteiger partial charge on any atom is -0.478 e. The van der Waals surface area contributed by atoms with Crippen molar-refractivity contribution in [2.45, 2.75) is 71.4 Å². The van der Waals surface area contributed by atoms with Crippen LogP contribution in [0.4, 0.5) is 0 Å². The number of hydrogen-bond acceptors (Lipinski definition) is 5. The Morgan fingerprint density at radius 2 is 1.81 bits per heavy atom. The van der Waals surface area contributed by atoms with E-state index in [9.17, 15) is 14.7 Å². The van der Waals surface area contributed by atoms with Gasteiger partial charge in [0.1, 0.15) is 5.71 Å². The minimum absolute atomic E-state index is 0.00523. The number of benzene rings is 1. The Bertz CT molecular complexity index is 1170. The number of carboxylic acids is 1. The molecular formula is C30H38N2O5. The van der Waals surface area contributed by atoms with Crippen molar-refractivity contribution in [3.8, 4) is 0 Å². The van der Waals surface area contributed by atoms with E-state index in [4.69, 9.17) is 9.94 Å². The number of carbonyl (C=O) groups excluding carboxylic acids is 1. The summed E-state index contributed by atoms with van der Waals surface area (Å²) in [6.07, 6.45) is 12.9. The number of hydrogen-bond donors (Lipinski definition) is 3. The Kier molecular flexibility index (Phi) is 6.55. The maximum absolute atomic E-state index is 12.2. The van der Waals surface area contributed by atoms with E-state index in [1.54, 1.807) is 12.1 Å². The Morgan fingerprint density at radius 3 is 2.54 bits per heavy atom. The lowest BCUT2D eigenvalue weighted by Gasteiger charge is -2.58. The number of nitrogens with zero attached hydrogens (tertiary/aromatic N) is 1. The van der Waals surface area contributed by atoms with Gasteiger partial charge in [0.2, 0.25) is 0 Å². The summed E-state index contributed by atoms with van der Waals surface area (Å²) >= 11 is 0. The Morgan fingerprint density at radius 1 is 1.08 bits per heavy atom. The van der Waals surface area contributed by atoms with Crippen molar-refractivity contribution in [1.82, 2.24) is 5.32 Å². The van der Waals surface area contributed by atoms with Gasteiger partial charge in [-0.1, -0.05) is 42.8 Å². The van der Waals surface area contributed by atoms with E-state index in [2.05, 4.69) is 36.5 Å². The van der Waals surface area contributed by atoms with Crippen LogP contribution in [0.1, 0.15) is 75.2 Å². The van der Waals surface area contributed by atoms with Gasteiger partial charge >= 0.3 is 5.97 Å². The Hall–Kier alpha value is -2.93. The molecule has 37 heavy (non-hydrogen) atoms. The van der Waals surface area contributed by atoms with E-state index in [-0.39, 0.29) is 28.9 Å². The fourth-order valence-electron chi connectivity index (χ4n) is 7.69. The molecule has 0 bridgehead atoms. The number of carboxylic acid groups (broad SMARTS) is 1. The maximum Gasteiger partial charge on any atom is 0.335 e. The standard InChI is InChI=1S/C30H38N2O5/c1-28-13-10-22(32-37-18-26(33)31-17-19-4-6-20(7-5-19)27(34)35)16-21(28)8-9-23-24(28)11-14-29(2)25(23)12-15-30(29,3)36/h4-7,10,13,16,23-25,36H,8-9,11-12,14-15,17-18H2,1-3H3,(H,31,33)(H,34,35). The summed E-state index contributed by atoms with van der Waals surface area (Å²) in [6.45, 7) is 6.83. The normalized spacial score (nSPS) is 37.2. The molecule has 4 aliphatic rings. The molecule has 0 aromatic heterocycles. The van der Waals surface area contributed by atoms with Gasteiger partial charge in [0.15, 0.2) is 6.61 Å². The Balaban J connectivity index is 1.17. The molecule has 3 fully saturated rings. The largest absolute Gasteiger partial charge is 0.478 e. The number of aromatic carboxylic acids is 1. The molecule has 0 saturated heterocycles. The van der Waals surface area contributed by atoms with E-state index in [1.807, 2.05) is 13.0 Å². The van der Waals surface area contributed by atoms with Gasteiger partial charge in [0.05, 0.1) is 11.2 Å². The van der Waals surface area contributed by atoms with Crippen LogP contribution in [-0.2, 0) is 16.2 Å². The first-order chi connectivity index (χ1) is 17.5. The average Bonchev–Trinajstić information content (AvgIpc) is 3.11. The third-order valence-corrected chi connectivity index (χ3v) is 10.2. The van der Waals surface area contributed by atoms with Gasteiger partial charge in [0, 0.05) is 12.0 Å². The van der Waals surface area contributed by atoms with Gasteiger partial charge in [-0.15, -0.1) is 0 Å². The molecule has 3 saturated carbocycles. The third-order valence-electron chi connectivity index (χ3n) is 10.2. The quantitative estimate of drug-likeness (QED) is 0.478. The summed E-state index contributed by atoms with van der Waals surface area (Å²) in [5, 5.41) is 27.1. The van der Waals surface area contributed by atoms with Crippen molar-refractivity contribution in [2.75, 3.05) is 6.61 Å². The highest BCUT2D eigenvalue weighted by Crippen LogP contribution is 2.66. The molecule has 1 aromatic rings. The van der Waals surface area contributed by atoms with Crippen molar-refractivity contribution in [2.24, 2.45) is 33.7 Å². The molecule has 0 spiro atoms. The third kappa shape index (κ3) is 4.52. The van der Waals surface area contributed by atoms with Crippen LogP contribution in [0.5, 0.6) is 0 Å². The van der Waals surface area contributed by atoms with Gasteiger partial charge in [0.25, 0.3) is 5.91 Å². The molecule has 7 nitrogen and oxygen atoms in total. The van der Waals surface area contributed by atoms with E-state index in [1.165, 1.54) is 17.7 Å². The van der Waals surface area contributed by atoms with E-state index in [0.29, 0.717) is 24.3 Å². The van der Waals surface area contributed by atoms with E-state index < -0.39 is 11.6 Å². The number of rotatable bonds is 6. The first-order valence-corrected chi connectivity index (χ1v) is 13.4. The van der Waals surface area contributed by atoms with Crippen LogP contribution in [0.3, 0.4) is 0 Å². The highest BCUT2D eigenvalue weighted by atomic mass is 16.6. The molecule has 6 atom stereocenters. The number of oxime groups is 1. The van der Waals surface area contributed by atoms with Crippen LogP contribution in [0.2, 0.25) is 0 Å². The summed E-state index contributed by atoms with van der Waals surface area (Å²) in [7, 11) is 0. The van der Waals surface area contributed by atoms with Crippen molar-refractivity contribution >= 4 is 17.6 Å². The molecule has 198 valence electrons. The highest BCUT2D eigenvalue weighted by Gasteiger charge is 2.61. The lowest BCUT2D eigenvalue weighted by molar-refractivity contribution is -0.125. The predicted octanol–water partition coefficient (Wildman–Crippen LogP) is 4.86. The van der Waals surface area contributed by atoms with E-state index in [0.717, 1.165) is 49.8 Å². The van der Waals surface area contributed by atoms with Crippen LogP contribution in [0, 0.1) is 28.6 Å². The summed E-state index contributed by atoms with van der Waals surface area (Å²) in [5.74, 6) is 0.530. The SMILES string of the molecule is CC12C=CC(=NOCC(=O)NCc3ccc(C(=O)O)cc3)C=C1CCC1C2CCC2(C)C1CCC2(C)O. The molecule has 7 heteroatoms. The summed E-state index contributed by atoms with van der Waals surface area (Å²) in [4.78, 5) is 28.5. The molecule has 0 heterocycles. The number of nitrogens with one attached hydrogen (secondary N) is 1. The maximum atomic E-state index is 12.2. The Labute approximate surface area is 218 Å². The van der Waals surface area contributed by atoms with Crippen molar-refractivity contribution in [3.05, 3.63) is 59.2 Å². The minimum atomic E-state index is -0.979. The molecule has 0 radical (unpaired) electrons. The monoisotopic (exact) mass is 506 g/mol. The molecule has 0 aliphatic heterocycles. The first-order valence-electron chi connectivity index (χ1n) is 13.4. The summed E-state index contributed by atoms with van der Waals surface area (Å²) in [5.41, 5.74) is 2.61. The zero-order valence-corrected chi connectivity index (χ0v) is 22.0. The second-order valence-corrected chi connectivity index (χ2v) is 12.0. The highest BCUT2D eigenvalue weighted by molar-refractivity contribution is 6.05. The lowest BCUT2D eigenvalue weighted by Crippen LogP contribution is -2.53. The second kappa shape index (κ2) is 9.43. The fraction of sp³-hybridized carbons (Fsp3) is 0.567. The number of amides is 1. The summed E-state index contributed by atoms with van der Waals surface area (Å²) in [6, 6.07) is 6.38. The molecule has 4 aliphatic carbocycles. The second-order valence-electron chi connectivity index (χ2n) is 12.0. The van der Waals surface area contributed by atoms with Crippen molar-refractivity contribution in [3.63, 3.8) is 0 Å². The average molecular weight is 507 g/mol. The zero-order valence-electron chi connectivity index (χ0n) is 22.0. The number of allylic oxidation sites excluding steroid dienone is 4. The van der Waals surface area contributed by atoms with Crippen LogP contribution in [0.15, 0.2) is 53.2 Å². The van der Waals surface area contributed by atoms with E-state index >= 15 is 0 Å². The van der Waals surface area contributed by atoms with Crippen molar-refractivity contribution < 1.29 is 24.6 Å². The van der Waals surface area contributed by atoms with Gasteiger partial charge in [-0.2, -0.15) is 0 Å². The van der Waals surface area contributed by atoms with Gasteiger partial charge in [-0.05, 0) is 98.5 Å². The molecule has 1 amide bonds. The summed E-state index contributed by atoms with van der Waals surface area (Å²) < 4.78 is 0. The number of aliphatic hydroxyl groups is 1. The first kappa shape index (κ1) is 25.7. The van der Waals surface area contributed by atoms with Crippen LogP contribution in [-0.4, -0.2) is 40.0 Å². The number of fused-ring (bicyclic) bond motifs is 5. The predicted molar refractivity (Wildman–Crippen MR) is 141 cm³/mol. The van der Waals surface area contributed by atoms with Crippen LogP contribution < -0.4 is 5.32 Å². The molecule has 3 N–H and O–H groups in total. The van der Waals surface area contributed by atoms with Crippen molar-refractivity contribution in [1.29, 1.82) is 0 Å². The number of carbonyl (C=O) groups is 2. The molecule has 6 unspecified atom stereocenters. The molecule has 5 rings (SSSR count). The van der Waals surface area contributed by atoms with Gasteiger partial charge in [-0.25, -0.2) is 4.79 Å². The molecular weight excluding hydrogens is 468 g/mol. The fourth-order valence-corrected chi connectivity index (χ4v) is 7.69. The van der Waals surface area contributed by atoms with Gasteiger partial charge < -0.3 is 20.4 Å². The van der Waals surface area contributed by atoms with Gasteiger partial charge in [-0.3, -0.25) is 4.79 Å². The topological polar surface area (TPSA) is 108 Å². The van der Waals surface area contributed by atoms with Crippen LogP contribution >= 0.6 is 0 Å². The van der Waals surface area contributed by atoms with Crippen LogP contribution in [0.25, 0.3) is 0 Å². The molecule has 1 aromatic carbocycles. The zero-order chi connectivity index (χ0) is 26.4.